The number of pyridine rings is 1. The van der Waals surface area contributed by atoms with Crippen molar-refractivity contribution in [3.8, 4) is 0 Å². The molecule has 0 aliphatic heterocycles. The van der Waals surface area contributed by atoms with Gasteiger partial charge in [0.1, 0.15) is 5.82 Å². The zero-order valence-corrected chi connectivity index (χ0v) is 12.1. The molecule has 1 aromatic heterocycles. The van der Waals surface area contributed by atoms with Crippen molar-refractivity contribution in [1.29, 1.82) is 0 Å². The molecule has 2 atom stereocenters. The van der Waals surface area contributed by atoms with E-state index in [0.717, 1.165) is 38.7 Å². The zero-order valence-electron chi connectivity index (χ0n) is 12.1. The molecule has 0 aliphatic carbocycles. The van der Waals surface area contributed by atoms with Crippen LogP contribution in [0.1, 0.15) is 45.4 Å². The van der Waals surface area contributed by atoms with Gasteiger partial charge in [-0.3, -0.25) is 4.98 Å². The van der Waals surface area contributed by atoms with Gasteiger partial charge in [0.05, 0.1) is 18.0 Å². The highest BCUT2D eigenvalue weighted by Gasteiger charge is 2.20. The van der Waals surface area contributed by atoms with Gasteiger partial charge >= 0.3 is 0 Å². The fourth-order valence-corrected chi connectivity index (χ4v) is 2.29. The maximum atomic E-state index is 12.8. The fraction of sp³-hybridized carbons (Fsp3) is 0.667. The van der Waals surface area contributed by atoms with Gasteiger partial charge in [0.25, 0.3) is 0 Å². The summed E-state index contributed by atoms with van der Waals surface area (Å²) in [6.07, 6.45) is 2.73. The average molecular weight is 268 g/mol. The average Bonchev–Trinajstić information content (AvgIpc) is 2.39. The van der Waals surface area contributed by atoms with Crippen LogP contribution in [0.4, 0.5) is 4.39 Å². The third kappa shape index (κ3) is 5.25. The van der Waals surface area contributed by atoms with E-state index in [2.05, 4.69) is 23.7 Å². The Morgan fingerprint density at radius 3 is 2.37 bits per heavy atom. The monoisotopic (exact) mass is 268 g/mol. The Morgan fingerprint density at radius 2 is 1.89 bits per heavy atom. The van der Waals surface area contributed by atoms with Crippen molar-refractivity contribution in [1.82, 2.24) is 9.88 Å². The minimum atomic E-state index is -0.642. The van der Waals surface area contributed by atoms with E-state index in [1.807, 2.05) is 6.92 Å². The van der Waals surface area contributed by atoms with Gasteiger partial charge in [-0.1, -0.05) is 20.8 Å². The van der Waals surface area contributed by atoms with Crippen molar-refractivity contribution in [2.24, 2.45) is 5.92 Å². The van der Waals surface area contributed by atoms with Crippen LogP contribution in [0.3, 0.4) is 0 Å². The summed E-state index contributed by atoms with van der Waals surface area (Å²) < 4.78 is 12.8. The van der Waals surface area contributed by atoms with E-state index in [-0.39, 0.29) is 11.7 Å². The first-order valence-electron chi connectivity index (χ1n) is 7.10. The first kappa shape index (κ1) is 16.1. The van der Waals surface area contributed by atoms with Gasteiger partial charge in [0.15, 0.2) is 0 Å². The van der Waals surface area contributed by atoms with Gasteiger partial charge < -0.3 is 10.0 Å². The molecule has 4 heteroatoms. The number of hydrogen-bond acceptors (Lipinski definition) is 3. The summed E-state index contributed by atoms with van der Waals surface area (Å²) in [5.41, 5.74) is 0.543. The largest absolute Gasteiger partial charge is 0.386 e. The summed E-state index contributed by atoms with van der Waals surface area (Å²) >= 11 is 0. The van der Waals surface area contributed by atoms with Crippen LogP contribution < -0.4 is 0 Å². The number of aliphatic hydroxyl groups is 1. The molecule has 3 nitrogen and oxygen atoms in total. The second-order valence-electron chi connectivity index (χ2n) is 5.12. The maximum absolute atomic E-state index is 12.8. The first-order chi connectivity index (χ1) is 9.08. The van der Waals surface area contributed by atoms with Gasteiger partial charge in [-0.25, -0.2) is 4.39 Å². The Morgan fingerprint density at radius 1 is 1.26 bits per heavy atom. The molecule has 0 saturated heterocycles. The molecule has 2 unspecified atom stereocenters. The van der Waals surface area contributed by atoms with E-state index >= 15 is 0 Å². The molecular weight excluding hydrogens is 243 g/mol. The number of rotatable bonds is 8. The lowest BCUT2D eigenvalue weighted by molar-refractivity contribution is 0.0845. The van der Waals surface area contributed by atoms with E-state index in [4.69, 9.17) is 0 Å². The highest BCUT2D eigenvalue weighted by molar-refractivity contribution is 5.08. The predicted molar refractivity (Wildman–Crippen MR) is 75.3 cm³/mol. The first-order valence-corrected chi connectivity index (χ1v) is 7.10. The molecule has 0 saturated carbocycles. The van der Waals surface area contributed by atoms with Crippen molar-refractivity contribution in [3.05, 3.63) is 29.8 Å². The second-order valence-corrected chi connectivity index (χ2v) is 5.12. The Hall–Kier alpha value is -1.00. The van der Waals surface area contributed by atoms with Crippen LogP contribution >= 0.6 is 0 Å². The molecule has 0 aromatic carbocycles. The second kappa shape index (κ2) is 8.23. The molecule has 0 radical (unpaired) electrons. The quantitative estimate of drug-likeness (QED) is 0.787. The molecule has 19 heavy (non-hydrogen) atoms. The van der Waals surface area contributed by atoms with Crippen LogP contribution in [0.5, 0.6) is 0 Å². The standard InChI is InChI=1S/C15H25FN2O/c1-4-8-18(9-5-2)11-12(3)15(19)14-7-6-13(16)10-17-14/h6-7,10,12,15,19H,4-5,8-9,11H2,1-3H3. The molecule has 0 spiro atoms. The number of aliphatic hydroxyl groups excluding tert-OH is 1. The number of hydrogen-bond donors (Lipinski definition) is 1. The van der Waals surface area contributed by atoms with Crippen molar-refractivity contribution in [2.45, 2.75) is 39.7 Å². The fourth-order valence-electron chi connectivity index (χ4n) is 2.29. The van der Waals surface area contributed by atoms with Gasteiger partial charge in [-0.2, -0.15) is 0 Å². The van der Waals surface area contributed by atoms with Gasteiger partial charge in [0, 0.05) is 12.5 Å². The van der Waals surface area contributed by atoms with E-state index in [1.165, 1.54) is 6.07 Å². The molecule has 0 amide bonds. The molecule has 0 bridgehead atoms. The van der Waals surface area contributed by atoms with Crippen LogP contribution in [0.2, 0.25) is 0 Å². The van der Waals surface area contributed by atoms with Crippen LogP contribution in [-0.4, -0.2) is 34.6 Å². The SMILES string of the molecule is CCCN(CCC)CC(C)C(O)c1ccc(F)cn1. The van der Waals surface area contributed by atoms with Crippen molar-refractivity contribution < 1.29 is 9.50 Å². The van der Waals surface area contributed by atoms with E-state index in [0.29, 0.717) is 5.69 Å². The summed E-state index contributed by atoms with van der Waals surface area (Å²) in [4.78, 5) is 6.31. The van der Waals surface area contributed by atoms with Crippen molar-refractivity contribution in [2.75, 3.05) is 19.6 Å². The Balaban J connectivity index is 2.59. The number of aromatic nitrogens is 1. The summed E-state index contributed by atoms with van der Waals surface area (Å²) in [5.74, 6) is -0.293. The van der Waals surface area contributed by atoms with Gasteiger partial charge in [-0.05, 0) is 38.1 Å². The van der Waals surface area contributed by atoms with Crippen LogP contribution in [-0.2, 0) is 0 Å². The Bertz CT molecular complexity index is 350. The highest BCUT2D eigenvalue weighted by atomic mass is 19.1. The molecular formula is C15H25FN2O. The summed E-state index contributed by atoms with van der Waals surface area (Å²) in [6.45, 7) is 9.25. The minimum absolute atomic E-state index is 0.0797. The molecule has 1 aromatic rings. The minimum Gasteiger partial charge on any atom is -0.386 e. The molecule has 1 rings (SSSR count). The molecule has 1 N–H and O–H groups in total. The van der Waals surface area contributed by atoms with E-state index in [1.54, 1.807) is 6.07 Å². The third-order valence-corrected chi connectivity index (χ3v) is 3.22. The third-order valence-electron chi connectivity index (χ3n) is 3.22. The lowest BCUT2D eigenvalue weighted by atomic mass is 10.0. The highest BCUT2D eigenvalue weighted by Crippen LogP contribution is 2.21. The van der Waals surface area contributed by atoms with Crippen molar-refractivity contribution >= 4 is 0 Å². The zero-order chi connectivity index (χ0) is 14.3. The van der Waals surface area contributed by atoms with Gasteiger partial charge in [-0.15, -0.1) is 0 Å². The molecule has 1 heterocycles. The normalized spacial score (nSPS) is 14.6. The lowest BCUT2D eigenvalue weighted by Crippen LogP contribution is -2.32. The molecule has 108 valence electrons. The smallest absolute Gasteiger partial charge is 0.141 e. The number of nitrogens with zero attached hydrogens (tertiary/aromatic N) is 2. The summed E-state index contributed by atoms with van der Waals surface area (Å²) in [6, 6.07) is 2.90. The Labute approximate surface area is 115 Å². The molecule has 0 fully saturated rings. The summed E-state index contributed by atoms with van der Waals surface area (Å²) in [7, 11) is 0. The van der Waals surface area contributed by atoms with E-state index < -0.39 is 6.10 Å². The predicted octanol–water partition coefficient (Wildman–Crippen LogP) is 3.01. The van der Waals surface area contributed by atoms with Gasteiger partial charge in [0.2, 0.25) is 0 Å². The number of halogens is 1. The van der Waals surface area contributed by atoms with Crippen LogP contribution in [0.25, 0.3) is 0 Å². The lowest BCUT2D eigenvalue weighted by Gasteiger charge is -2.27. The van der Waals surface area contributed by atoms with Crippen LogP contribution in [0, 0.1) is 11.7 Å². The van der Waals surface area contributed by atoms with E-state index in [9.17, 15) is 9.50 Å². The van der Waals surface area contributed by atoms with Crippen LogP contribution in [0.15, 0.2) is 18.3 Å². The topological polar surface area (TPSA) is 36.4 Å². The maximum Gasteiger partial charge on any atom is 0.141 e. The Kier molecular flexibility index (Phi) is 6.95. The summed E-state index contributed by atoms with van der Waals surface area (Å²) in [5, 5.41) is 10.3. The van der Waals surface area contributed by atoms with Crippen molar-refractivity contribution in [3.63, 3.8) is 0 Å². The molecule has 0 aliphatic rings.